The molecule has 2 fully saturated rings. The van der Waals surface area contributed by atoms with Gasteiger partial charge in [-0.25, -0.2) is 4.39 Å². The largest absolute Gasteiger partial charge is 0.493 e. The summed E-state index contributed by atoms with van der Waals surface area (Å²) in [5, 5.41) is 0. The molecule has 1 saturated carbocycles. The number of carbonyl (C=O) groups excluding carboxylic acids is 2. The average molecular weight is 469 g/mol. The molecule has 4 rings (SSSR count). The number of methoxy groups -OCH3 is 1. The van der Waals surface area contributed by atoms with Crippen LogP contribution in [-0.4, -0.2) is 47.4 Å². The van der Waals surface area contributed by atoms with Gasteiger partial charge in [-0.2, -0.15) is 0 Å². The maximum absolute atomic E-state index is 13.9. The van der Waals surface area contributed by atoms with Crippen LogP contribution in [0, 0.1) is 5.82 Å². The van der Waals surface area contributed by atoms with Crippen LogP contribution in [0.3, 0.4) is 0 Å². The van der Waals surface area contributed by atoms with Gasteiger partial charge >= 0.3 is 0 Å². The van der Waals surface area contributed by atoms with Crippen molar-refractivity contribution in [1.29, 1.82) is 0 Å². The highest BCUT2D eigenvalue weighted by Crippen LogP contribution is 2.37. The molecule has 2 amide bonds. The zero-order chi connectivity index (χ0) is 24.2. The van der Waals surface area contributed by atoms with Crippen molar-refractivity contribution in [2.24, 2.45) is 0 Å². The Morgan fingerprint density at radius 2 is 1.71 bits per heavy atom. The molecule has 0 aromatic heterocycles. The number of amides is 2. The Balaban J connectivity index is 1.71. The molecule has 1 atom stereocenters. The maximum Gasteiger partial charge on any atom is 0.250 e. The maximum atomic E-state index is 13.9. The van der Waals surface area contributed by atoms with E-state index in [2.05, 4.69) is 0 Å². The van der Waals surface area contributed by atoms with E-state index in [1.165, 1.54) is 18.6 Å². The van der Waals surface area contributed by atoms with Crippen LogP contribution in [0.25, 0.3) is 0 Å². The van der Waals surface area contributed by atoms with Crippen LogP contribution >= 0.6 is 0 Å². The summed E-state index contributed by atoms with van der Waals surface area (Å²) >= 11 is 0. The monoisotopic (exact) mass is 468 g/mol. The van der Waals surface area contributed by atoms with E-state index in [1.807, 2.05) is 19.9 Å². The van der Waals surface area contributed by atoms with Gasteiger partial charge in [0, 0.05) is 12.6 Å². The fourth-order valence-electron chi connectivity index (χ4n) is 4.94. The van der Waals surface area contributed by atoms with Crippen LogP contribution in [0.15, 0.2) is 42.5 Å². The fraction of sp³-hybridized carbons (Fsp3) is 0.481. The summed E-state index contributed by atoms with van der Waals surface area (Å²) in [5.74, 6) is 0.581. The number of carbonyl (C=O) groups is 2. The van der Waals surface area contributed by atoms with Crippen LogP contribution < -0.4 is 9.47 Å². The van der Waals surface area contributed by atoms with E-state index in [0.717, 1.165) is 31.2 Å². The predicted molar refractivity (Wildman–Crippen MR) is 127 cm³/mol. The molecule has 0 radical (unpaired) electrons. The molecule has 1 aliphatic heterocycles. The molecule has 2 aliphatic rings. The molecule has 2 aromatic rings. The van der Waals surface area contributed by atoms with Crippen molar-refractivity contribution in [3.05, 3.63) is 59.4 Å². The number of hydrogen-bond acceptors (Lipinski definition) is 4. The first-order valence-electron chi connectivity index (χ1n) is 12.1. The Morgan fingerprint density at radius 3 is 2.35 bits per heavy atom. The van der Waals surface area contributed by atoms with Crippen LogP contribution in [0.5, 0.6) is 11.5 Å². The number of hydrogen-bond donors (Lipinski definition) is 0. The van der Waals surface area contributed by atoms with Crippen molar-refractivity contribution >= 4 is 11.8 Å². The minimum absolute atomic E-state index is 0.0330. The minimum Gasteiger partial charge on any atom is -0.493 e. The van der Waals surface area contributed by atoms with Gasteiger partial charge in [-0.3, -0.25) is 9.59 Å². The molecule has 1 aliphatic carbocycles. The third-order valence-corrected chi connectivity index (χ3v) is 6.60. The first kappa shape index (κ1) is 24.0. The summed E-state index contributed by atoms with van der Waals surface area (Å²) in [6.45, 7) is 4.17. The molecule has 1 heterocycles. The van der Waals surface area contributed by atoms with Crippen LogP contribution in [0.2, 0.25) is 0 Å². The number of benzene rings is 2. The Labute approximate surface area is 200 Å². The molecule has 1 unspecified atom stereocenters. The minimum atomic E-state index is -0.782. The number of halogens is 1. The second kappa shape index (κ2) is 10.5. The van der Waals surface area contributed by atoms with Gasteiger partial charge in [0.25, 0.3) is 5.91 Å². The lowest BCUT2D eigenvalue weighted by Gasteiger charge is -2.44. The van der Waals surface area contributed by atoms with Gasteiger partial charge in [-0.05, 0) is 62.1 Å². The lowest BCUT2D eigenvalue weighted by molar-refractivity contribution is -0.160. The summed E-state index contributed by atoms with van der Waals surface area (Å²) in [4.78, 5) is 30.7. The summed E-state index contributed by atoms with van der Waals surface area (Å²) in [7, 11) is 1.56. The van der Waals surface area contributed by atoms with Crippen molar-refractivity contribution < 1.29 is 23.5 Å². The van der Waals surface area contributed by atoms with Gasteiger partial charge in [0.05, 0.1) is 13.2 Å². The van der Waals surface area contributed by atoms with Gasteiger partial charge in [0.15, 0.2) is 11.5 Å². The molecule has 7 heteroatoms. The van der Waals surface area contributed by atoms with E-state index in [4.69, 9.17) is 9.47 Å². The highest BCUT2D eigenvalue weighted by atomic mass is 19.1. The Hall–Kier alpha value is -3.09. The van der Waals surface area contributed by atoms with Crippen molar-refractivity contribution in [2.75, 3.05) is 13.7 Å². The molecule has 0 spiro atoms. The summed E-state index contributed by atoms with van der Waals surface area (Å²) in [5.41, 5.74) is 1.44. The van der Waals surface area contributed by atoms with E-state index in [1.54, 1.807) is 41.2 Å². The molecule has 0 N–H and O–H groups in total. The lowest BCUT2D eigenvalue weighted by Crippen LogP contribution is -2.58. The van der Waals surface area contributed by atoms with Gasteiger partial charge in [-0.15, -0.1) is 0 Å². The van der Waals surface area contributed by atoms with Crippen LogP contribution in [-0.2, 0) is 16.1 Å². The zero-order valence-corrected chi connectivity index (χ0v) is 20.1. The topological polar surface area (TPSA) is 59.1 Å². The van der Waals surface area contributed by atoms with Crippen molar-refractivity contribution in [2.45, 2.75) is 70.7 Å². The van der Waals surface area contributed by atoms with E-state index in [-0.39, 0.29) is 42.9 Å². The SMILES string of the molecule is COc1cc(C2C(=O)N(C3CCCCC3)CC(=O)N2Cc2ccc(F)cc2)ccc1OC(C)C. The standard InChI is InChI=1S/C27H33FN2O4/c1-18(2)34-23-14-11-20(15-24(23)33-3)26-27(32)29(22-7-5-4-6-8-22)17-25(31)30(26)16-19-9-12-21(28)13-10-19/h9-15,18,22,26H,4-8,16-17H2,1-3H3. The van der Waals surface area contributed by atoms with Crippen molar-refractivity contribution in [3.63, 3.8) is 0 Å². The lowest BCUT2D eigenvalue weighted by atomic mass is 9.91. The summed E-state index contributed by atoms with van der Waals surface area (Å²) in [6.07, 6.45) is 5.13. The molecule has 182 valence electrons. The first-order chi connectivity index (χ1) is 16.4. The Bertz CT molecular complexity index is 1020. The van der Waals surface area contributed by atoms with Crippen molar-refractivity contribution in [3.8, 4) is 11.5 Å². The highest BCUT2D eigenvalue weighted by molar-refractivity contribution is 5.96. The molecule has 1 saturated heterocycles. The predicted octanol–water partition coefficient (Wildman–Crippen LogP) is 4.87. The normalized spacial score (nSPS) is 19.6. The van der Waals surface area contributed by atoms with E-state index in [9.17, 15) is 14.0 Å². The first-order valence-corrected chi connectivity index (χ1v) is 12.1. The number of piperazine rings is 1. The van der Waals surface area contributed by atoms with Gasteiger partial charge in [0.1, 0.15) is 18.4 Å². The molecule has 6 nitrogen and oxygen atoms in total. The fourth-order valence-corrected chi connectivity index (χ4v) is 4.94. The molecule has 34 heavy (non-hydrogen) atoms. The Kier molecular flexibility index (Phi) is 7.39. The third-order valence-electron chi connectivity index (χ3n) is 6.60. The number of nitrogens with zero attached hydrogens (tertiary/aromatic N) is 2. The third kappa shape index (κ3) is 5.18. The smallest absolute Gasteiger partial charge is 0.250 e. The quantitative estimate of drug-likeness (QED) is 0.582. The van der Waals surface area contributed by atoms with Crippen LogP contribution in [0.1, 0.15) is 63.1 Å². The molecule has 2 aromatic carbocycles. The highest BCUT2D eigenvalue weighted by Gasteiger charge is 2.43. The summed E-state index contributed by atoms with van der Waals surface area (Å²) < 4.78 is 24.8. The number of ether oxygens (including phenoxy) is 2. The van der Waals surface area contributed by atoms with Crippen LogP contribution in [0.4, 0.5) is 4.39 Å². The van der Waals surface area contributed by atoms with Crippen molar-refractivity contribution in [1.82, 2.24) is 9.80 Å². The zero-order valence-electron chi connectivity index (χ0n) is 20.1. The molecular formula is C27H33FN2O4. The van der Waals surface area contributed by atoms with Gasteiger partial charge in [0.2, 0.25) is 5.91 Å². The van der Waals surface area contributed by atoms with Gasteiger partial charge in [-0.1, -0.05) is 37.5 Å². The molecule has 0 bridgehead atoms. The number of rotatable bonds is 7. The van der Waals surface area contributed by atoms with Gasteiger partial charge < -0.3 is 19.3 Å². The molecular weight excluding hydrogens is 435 g/mol. The van der Waals surface area contributed by atoms with E-state index >= 15 is 0 Å². The second-order valence-electron chi connectivity index (χ2n) is 9.39. The summed E-state index contributed by atoms with van der Waals surface area (Å²) in [6, 6.07) is 10.8. The average Bonchev–Trinajstić information content (AvgIpc) is 2.83. The second-order valence-corrected chi connectivity index (χ2v) is 9.39. The Morgan fingerprint density at radius 1 is 1.00 bits per heavy atom. The van der Waals surface area contributed by atoms with E-state index in [0.29, 0.717) is 17.1 Å². The van der Waals surface area contributed by atoms with E-state index < -0.39 is 6.04 Å².